The average molecular weight is 333 g/mol. The van der Waals surface area contributed by atoms with Crippen molar-refractivity contribution in [3.05, 3.63) is 22.7 Å². The molecule has 1 heterocycles. The molecule has 0 saturated carbocycles. The van der Waals surface area contributed by atoms with E-state index in [-0.39, 0.29) is 10.9 Å². The minimum atomic E-state index is -3.43. The summed E-state index contributed by atoms with van der Waals surface area (Å²) in [4.78, 5) is 0.268. The smallest absolute Gasteiger partial charge is 0.243 e. The third-order valence-corrected chi connectivity index (χ3v) is 6.00. The summed E-state index contributed by atoms with van der Waals surface area (Å²) in [5.74, 6) is 0.405. The fourth-order valence-corrected chi connectivity index (χ4v) is 4.46. The van der Waals surface area contributed by atoms with Gasteiger partial charge in [0, 0.05) is 22.7 Å². The number of nitrogens with two attached hydrogens (primary N) is 1. The maximum absolute atomic E-state index is 12.5. The van der Waals surface area contributed by atoms with Gasteiger partial charge < -0.3 is 5.73 Å². The molecule has 1 aliphatic rings. The van der Waals surface area contributed by atoms with Crippen LogP contribution in [0, 0.1) is 5.92 Å². The molecular weight excluding hydrogens is 316 g/mol. The molecule has 1 aromatic rings. The molecule has 1 aromatic carbocycles. The standard InChI is InChI=1S/C12H17BrN2O2S/c1-8-5-9(2)15(7-8)18(16,17)10-3-4-11(13)12(14)6-10/h3-4,6,8-9H,5,7,14H2,1-2H3. The van der Waals surface area contributed by atoms with Crippen molar-refractivity contribution in [2.75, 3.05) is 12.3 Å². The van der Waals surface area contributed by atoms with E-state index in [0.29, 0.717) is 22.6 Å². The Morgan fingerprint density at radius 3 is 2.56 bits per heavy atom. The third kappa shape index (κ3) is 2.41. The zero-order valence-electron chi connectivity index (χ0n) is 10.4. The van der Waals surface area contributed by atoms with Gasteiger partial charge in [-0.2, -0.15) is 4.31 Å². The van der Waals surface area contributed by atoms with Gasteiger partial charge in [-0.3, -0.25) is 0 Å². The number of halogens is 1. The molecule has 0 bridgehead atoms. The molecule has 1 saturated heterocycles. The molecule has 0 amide bonds. The first-order valence-electron chi connectivity index (χ1n) is 5.89. The Balaban J connectivity index is 2.39. The SMILES string of the molecule is CC1CC(C)N(S(=O)(=O)c2ccc(Br)c(N)c2)C1. The lowest BCUT2D eigenvalue weighted by atomic mass is 10.1. The molecule has 100 valence electrons. The van der Waals surface area contributed by atoms with Crippen LogP contribution in [0.15, 0.2) is 27.6 Å². The summed E-state index contributed by atoms with van der Waals surface area (Å²) in [6, 6.07) is 4.82. The van der Waals surface area contributed by atoms with Crippen molar-refractivity contribution in [3.63, 3.8) is 0 Å². The highest BCUT2D eigenvalue weighted by atomic mass is 79.9. The van der Waals surface area contributed by atoms with Crippen LogP contribution in [0.5, 0.6) is 0 Å². The van der Waals surface area contributed by atoms with E-state index in [1.165, 1.54) is 6.07 Å². The molecule has 0 aliphatic carbocycles. The topological polar surface area (TPSA) is 63.4 Å². The van der Waals surface area contributed by atoms with Crippen molar-refractivity contribution in [1.29, 1.82) is 0 Å². The van der Waals surface area contributed by atoms with Gasteiger partial charge in [0.1, 0.15) is 0 Å². The van der Waals surface area contributed by atoms with E-state index in [9.17, 15) is 8.42 Å². The minimum Gasteiger partial charge on any atom is -0.398 e. The van der Waals surface area contributed by atoms with Gasteiger partial charge in [-0.25, -0.2) is 8.42 Å². The molecule has 2 atom stereocenters. The number of nitrogen functional groups attached to an aromatic ring is 1. The molecule has 0 spiro atoms. The summed E-state index contributed by atoms with van der Waals surface area (Å²) in [5.41, 5.74) is 6.19. The third-order valence-electron chi connectivity index (χ3n) is 3.30. The number of hydrogen-bond donors (Lipinski definition) is 1. The first-order valence-corrected chi connectivity index (χ1v) is 8.12. The van der Waals surface area contributed by atoms with Gasteiger partial charge in [0.2, 0.25) is 10.0 Å². The predicted octanol–water partition coefficient (Wildman–Crippen LogP) is 2.45. The normalized spacial score (nSPS) is 25.5. The van der Waals surface area contributed by atoms with E-state index in [1.807, 2.05) is 6.92 Å². The van der Waals surface area contributed by atoms with Crippen LogP contribution in [0.2, 0.25) is 0 Å². The van der Waals surface area contributed by atoms with Crippen LogP contribution in [0.1, 0.15) is 20.3 Å². The van der Waals surface area contributed by atoms with Crippen LogP contribution < -0.4 is 5.73 Å². The van der Waals surface area contributed by atoms with Crippen LogP contribution >= 0.6 is 15.9 Å². The Morgan fingerprint density at radius 1 is 1.39 bits per heavy atom. The molecule has 0 radical (unpaired) electrons. The van der Waals surface area contributed by atoms with Crippen molar-refractivity contribution >= 4 is 31.6 Å². The highest BCUT2D eigenvalue weighted by molar-refractivity contribution is 9.10. The Bertz CT molecular complexity index is 559. The lowest BCUT2D eigenvalue weighted by Gasteiger charge is -2.21. The lowest BCUT2D eigenvalue weighted by molar-refractivity contribution is 0.405. The van der Waals surface area contributed by atoms with E-state index in [0.717, 1.165) is 6.42 Å². The first-order chi connectivity index (χ1) is 8.32. The van der Waals surface area contributed by atoms with E-state index >= 15 is 0 Å². The summed E-state index contributed by atoms with van der Waals surface area (Å²) in [5, 5.41) is 0. The number of rotatable bonds is 2. The number of anilines is 1. The number of sulfonamides is 1. The summed E-state index contributed by atoms with van der Waals surface area (Å²) >= 11 is 3.27. The van der Waals surface area contributed by atoms with Gasteiger partial charge in [-0.1, -0.05) is 6.92 Å². The molecule has 18 heavy (non-hydrogen) atoms. The Morgan fingerprint density at radius 2 is 2.06 bits per heavy atom. The Hall–Kier alpha value is -0.590. The largest absolute Gasteiger partial charge is 0.398 e. The summed E-state index contributed by atoms with van der Waals surface area (Å²) < 4.78 is 27.3. The molecule has 2 unspecified atom stereocenters. The molecule has 1 aliphatic heterocycles. The van der Waals surface area contributed by atoms with Crippen LogP contribution in [-0.2, 0) is 10.0 Å². The van der Waals surface area contributed by atoms with Gasteiger partial charge >= 0.3 is 0 Å². The van der Waals surface area contributed by atoms with Crippen molar-refractivity contribution in [2.24, 2.45) is 5.92 Å². The number of nitrogens with zero attached hydrogens (tertiary/aromatic N) is 1. The van der Waals surface area contributed by atoms with Gasteiger partial charge in [0.05, 0.1) is 4.90 Å². The lowest BCUT2D eigenvalue weighted by Crippen LogP contribution is -2.34. The Kier molecular flexibility index (Phi) is 3.71. The molecular formula is C12H17BrN2O2S. The van der Waals surface area contributed by atoms with Crippen LogP contribution in [0.25, 0.3) is 0 Å². The molecule has 2 N–H and O–H groups in total. The predicted molar refractivity (Wildman–Crippen MR) is 75.7 cm³/mol. The number of benzene rings is 1. The van der Waals surface area contributed by atoms with Crippen molar-refractivity contribution in [2.45, 2.75) is 31.2 Å². The van der Waals surface area contributed by atoms with Gasteiger partial charge in [-0.15, -0.1) is 0 Å². The van der Waals surface area contributed by atoms with Gasteiger partial charge in [-0.05, 0) is 53.4 Å². The molecule has 2 rings (SSSR count). The van der Waals surface area contributed by atoms with E-state index in [2.05, 4.69) is 22.9 Å². The van der Waals surface area contributed by atoms with E-state index in [1.54, 1.807) is 16.4 Å². The van der Waals surface area contributed by atoms with Crippen LogP contribution in [0.4, 0.5) is 5.69 Å². The maximum Gasteiger partial charge on any atom is 0.243 e. The monoisotopic (exact) mass is 332 g/mol. The quantitative estimate of drug-likeness (QED) is 0.846. The second-order valence-electron chi connectivity index (χ2n) is 4.95. The molecule has 1 fully saturated rings. The molecule has 4 nitrogen and oxygen atoms in total. The van der Waals surface area contributed by atoms with E-state index < -0.39 is 10.0 Å². The van der Waals surface area contributed by atoms with Gasteiger partial charge in [0.25, 0.3) is 0 Å². The fraction of sp³-hybridized carbons (Fsp3) is 0.500. The number of hydrogen-bond acceptors (Lipinski definition) is 3. The van der Waals surface area contributed by atoms with Crippen LogP contribution in [-0.4, -0.2) is 25.3 Å². The minimum absolute atomic E-state index is 0.0508. The second kappa shape index (κ2) is 4.83. The van der Waals surface area contributed by atoms with Crippen LogP contribution in [0.3, 0.4) is 0 Å². The van der Waals surface area contributed by atoms with Crippen molar-refractivity contribution < 1.29 is 8.42 Å². The van der Waals surface area contributed by atoms with Crippen molar-refractivity contribution in [3.8, 4) is 0 Å². The Labute approximate surface area is 116 Å². The molecule has 0 aromatic heterocycles. The molecule has 6 heteroatoms. The summed E-state index contributed by atoms with van der Waals surface area (Å²) in [6.45, 7) is 4.60. The van der Waals surface area contributed by atoms with E-state index in [4.69, 9.17) is 5.73 Å². The summed E-state index contributed by atoms with van der Waals surface area (Å²) in [7, 11) is -3.43. The maximum atomic E-state index is 12.5. The second-order valence-corrected chi connectivity index (χ2v) is 7.69. The highest BCUT2D eigenvalue weighted by Gasteiger charge is 2.36. The zero-order valence-corrected chi connectivity index (χ0v) is 12.8. The first kappa shape index (κ1) is 13.8. The highest BCUT2D eigenvalue weighted by Crippen LogP contribution is 2.31. The van der Waals surface area contributed by atoms with Crippen molar-refractivity contribution in [1.82, 2.24) is 4.31 Å². The summed E-state index contributed by atoms with van der Waals surface area (Å²) in [6.07, 6.45) is 0.908. The zero-order chi connectivity index (χ0) is 13.5. The average Bonchev–Trinajstić information content (AvgIpc) is 2.62. The van der Waals surface area contributed by atoms with Gasteiger partial charge in [0.15, 0.2) is 0 Å². The fourth-order valence-electron chi connectivity index (χ4n) is 2.41.